The first-order chi connectivity index (χ1) is 10.4. The van der Waals surface area contributed by atoms with Crippen LogP contribution in [0.15, 0.2) is 35.5 Å². The number of ether oxygens (including phenoxy) is 1. The van der Waals surface area contributed by atoms with Crippen molar-refractivity contribution in [1.29, 1.82) is 0 Å². The van der Waals surface area contributed by atoms with E-state index in [9.17, 15) is 14.9 Å². The number of benzene rings is 1. The fourth-order valence-corrected chi connectivity index (χ4v) is 2.51. The van der Waals surface area contributed by atoms with Crippen molar-refractivity contribution in [2.24, 2.45) is 0 Å². The number of nitrogens with zero attached hydrogens (tertiary/aromatic N) is 1. The third-order valence-electron chi connectivity index (χ3n) is 3.18. The maximum Gasteiger partial charge on any atom is 0.338 e. The minimum atomic E-state index is -0.590. The zero-order valence-electron chi connectivity index (χ0n) is 12.1. The van der Waals surface area contributed by atoms with E-state index in [2.05, 4.69) is 10.6 Å². The second kappa shape index (κ2) is 6.52. The fraction of sp³-hybridized carbons (Fsp3) is 0.286. The molecule has 0 amide bonds. The topological polar surface area (TPSA) is 93.5 Å². The monoisotopic (exact) mass is 321 g/mol. The number of hydrogen-bond acceptors (Lipinski definition) is 5. The summed E-state index contributed by atoms with van der Waals surface area (Å²) in [5.74, 6) is -0.487. The molecule has 0 spiro atoms. The number of nitro benzene ring substituents is 1. The average molecular weight is 321 g/mol. The Morgan fingerprint density at radius 2 is 2.23 bits per heavy atom. The molecule has 116 valence electrons. The standard InChI is InChI=1S/C14H15N3O4S/c1-3-21-13(18)11-8(2)15-14(22)16-12(11)9-5-4-6-10(7-9)17(19)20/h4-7,12H,3H2,1-2H3,(H2,15,16,22)/t12-/m0/s1. The van der Waals surface area contributed by atoms with Crippen molar-refractivity contribution in [3.05, 3.63) is 51.2 Å². The van der Waals surface area contributed by atoms with E-state index >= 15 is 0 Å². The van der Waals surface area contributed by atoms with Crippen LogP contribution in [0.5, 0.6) is 0 Å². The maximum atomic E-state index is 12.2. The fourth-order valence-electron chi connectivity index (χ4n) is 2.24. The summed E-state index contributed by atoms with van der Waals surface area (Å²) in [5, 5.41) is 17.1. The third kappa shape index (κ3) is 3.22. The molecular formula is C14H15N3O4S. The smallest absolute Gasteiger partial charge is 0.338 e. The van der Waals surface area contributed by atoms with Crippen molar-refractivity contribution >= 4 is 29.0 Å². The van der Waals surface area contributed by atoms with Crippen molar-refractivity contribution < 1.29 is 14.5 Å². The van der Waals surface area contributed by atoms with E-state index in [-0.39, 0.29) is 12.3 Å². The Morgan fingerprint density at radius 1 is 1.50 bits per heavy atom. The Labute approximate surface area is 132 Å². The summed E-state index contributed by atoms with van der Waals surface area (Å²) in [7, 11) is 0. The SMILES string of the molecule is CCOC(=O)C1=C(C)NC(=S)N[C@H]1c1cccc([N+](=O)[O-])c1. The molecule has 1 aromatic carbocycles. The summed E-state index contributed by atoms with van der Waals surface area (Å²) in [6, 6.07) is 5.48. The number of rotatable bonds is 4. The largest absolute Gasteiger partial charge is 0.463 e. The first-order valence-electron chi connectivity index (χ1n) is 6.63. The Hall–Kier alpha value is -2.48. The molecule has 22 heavy (non-hydrogen) atoms. The highest BCUT2D eigenvalue weighted by atomic mass is 32.1. The van der Waals surface area contributed by atoms with Crippen LogP contribution in [-0.4, -0.2) is 22.6 Å². The first-order valence-corrected chi connectivity index (χ1v) is 7.04. The predicted octanol–water partition coefficient (Wildman–Crippen LogP) is 1.95. The van der Waals surface area contributed by atoms with Crippen LogP contribution in [0.3, 0.4) is 0 Å². The Balaban J connectivity index is 2.47. The zero-order valence-corrected chi connectivity index (χ0v) is 12.9. The van der Waals surface area contributed by atoms with Gasteiger partial charge in [-0.1, -0.05) is 12.1 Å². The van der Waals surface area contributed by atoms with Gasteiger partial charge < -0.3 is 15.4 Å². The summed E-state index contributed by atoms with van der Waals surface area (Å²) in [6.45, 7) is 3.66. The minimum Gasteiger partial charge on any atom is -0.463 e. The summed E-state index contributed by atoms with van der Waals surface area (Å²) in [4.78, 5) is 22.6. The molecule has 7 nitrogen and oxygen atoms in total. The number of carbonyl (C=O) groups excluding carboxylic acids is 1. The third-order valence-corrected chi connectivity index (χ3v) is 3.40. The Morgan fingerprint density at radius 3 is 2.86 bits per heavy atom. The lowest BCUT2D eigenvalue weighted by Crippen LogP contribution is -2.45. The second-order valence-corrected chi connectivity index (χ2v) is 5.05. The van der Waals surface area contributed by atoms with E-state index < -0.39 is 16.9 Å². The van der Waals surface area contributed by atoms with Gasteiger partial charge in [0, 0.05) is 17.8 Å². The number of thiocarbonyl (C=S) groups is 1. The molecule has 0 radical (unpaired) electrons. The molecule has 0 aliphatic carbocycles. The van der Waals surface area contributed by atoms with Gasteiger partial charge in [-0.25, -0.2) is 4.79 Å². The van der Waals surface area contributed by atoms with E-state index in [1.807, 2.05) is 0 Å². The lowest BCUT2D eigenvalue weighted by Gasteiger charge is -2.29. The van der Waals surface area contributed by atoms with E-state index in [4.69, 9.17) is 17.0 Å². The van der Waals surface area contributed by atoms with Crippen LogP contribution in [0, 0.1) is 10.1 Å². The van der Waals surface area contributed by atoms with Gasteiger partial charge in [-0.3, -0.25) is 10.1 Å². The van der Waals surface area contributed by atoms with E-state index in [0.29, 0.717) is 21.9 Å². The van der Waals surface area contributed by atoms with Crippen molar-refractivity contribution in [2.75, 3.05) is 6.61 Å². The average Bonchev–Trinajstić information content (AvgIpc) is 2.46. The molecule has 0 bridgehead atoms. The number of esters is 1. The lowest BCUT2D eigenvalue weighted by atomic mass is 9.95. The quantitative estimate of drug-likeness (QED) is 0.379. The van der Waals surface area contributed by atoms with Crippen LogP contribution in [-0.2, 0) is 9.53 Å². The number of nitrogens with one attached hydrogen (secondary N) is 2. The van der Waals surface area contributed by atoms with Crippen LogP contribution in [0.1, 0.15) is 25.5 Å². The molecule has 0 aromatic heterocycles. The molecule has 8 heteroatoms. The molecule has 0 fully saturated rings. The van der Waals surface area contributed by atoms with Crippen LogP contribution in [0.25, 0.3) is 0 Å². The van der Waals surface area contributed by atoms with Gasteiger partial charge in [0.25, 0.3) is 5.69 Å². The Kier molecular flexibility index (Phi) is 4.71. The van der Waals surface area contributed by atoms with Gasteiger partial charge in [-0.05, 0) is 31.6 Å². The molecule has 0 saturated heterocycles. The molecule has 0 saturated carbocycles. The number of non-ortho nitro benzene ring substituents is 1. The first kappa shape index (κ1) is 15.9. The van der Waals surface area contributed by atoms with E-state index in [0.717, 1.165) is 0 Å². The molecular weight excluding hydrogens is 306 g/mol. The van der Waals surface area contributed by atoms with Crippen LogP contribution >= 0.6 is 12.2 Å². The van der Waals surface area contributed by atoms with Crippen LogP contribution in [0.2, 0.25) is 0 Å². The van der Waals surface area contributed by atoms with Crippen molar-refractivity contribution in [1.82, 2.24) is 10.6 Å². The molecule has 1 atom stereocenters. The van der Waals surface area contributed by atoms with Gasteiger partial charge in [0.2, 0.25) is 0 Å². The van der Waals surface area contributed by atoms with Gasteiger partial charge in [-0.2, -0.15) is 0 Å². The molecule has 2 N–H and O–H groups in total. The molecule has 2 rings (SSSR count). The number of nitro groups is 1. The zero-order chi connectivity index (χ0) is 16.3. The van der Waals surface area contributed by atoms with Crippen LogP contribution in [0.4, 0.5) is 5.69 Å². The van der Waals surface area contributed by atoms with E-state index in [1.165, 1.54) is 12.1 Å². The minimum absolute atomic E-state index is 0.0513. The highest BCUT2D eigenvalue weighted by molar-refractivity contribution is 7.80. The summed E-state index contributed by atoms with van der Waals surface area (Å²) in [5.41, 5.74) is 1.44. The normalized spacial score (nSPS) is 17.5. The molecule has 1 aliphatic rings. The Bertz CT molecular complexity index is 672. The summed E-state index contributed by atoms with van der Waals surface area (Å²) in [6.07, 6.45) is 0. The highest BCUT2D eigenvalue weighted by Crippen LogP contribution is 2.29. The number of carbonyl (C=O) groups is 1. The van der Waals surface area contributed by atoms with Crippen LogP contribution < -0.4 is 10.6 Å². The van der Waals surface area contributed by atoms with Crippen molar-refractivity contribution in [2.45, 2.75) is 19.9 Å². The lowest BCUT2D eigenvalue weighted by molar-refractivity contribution is -0.384. The van der Waals surface area contributed by atoms with Gasteiger partial charge >= 0.3 is 5.97 Å². The molecule has 1 aromatic rings. The summed E-state index contributed by atoms with van der Waals surface area (Å²) >= 11 is 5.11. The van der Waals surface area contributed by atoms with Crippen molar-refractivity contribution in [3.63, 3.8) is 0 Å². The predicted molar refractivity (Wildman–Crippen MR) is 84.0 cm³/mol. The van der Waals surface area contributed by atoms with Crippen molar-refractivity contribution in [3.8, 4) is 0 Å². The van der Waals surface area contributed by atoms with Gasteiger partial charge in [0.15, 0.2) is 5.11 Å². The van der Waals surface area contributed by atoms with Gasteiger partial charge in [0.05, 0.1) is 23.1 Å². The van der Waals surface area contributed by atoms with Gasteiger partial charge in [0.1, 0.15) is 0 Å². The van der Waals surface area contributed by atoms with E-state index in [1.54, 1.807) is 26.0 Å². The van der Waals surface area contributed by atoms with Gasteiger partial charge in [-0.15, -0.1) is 0 Å². The second-order valence-electron chi connectivity index (χ2n) is 4.64. The molecule has 1 heterocycles. The number of hydrogen-bond donors (Lipinski definition) is 2. The maximum absolute atomic E-state index is 12.2. The molecule has 1 aliphatic heterocycles. The number of allylic oxidation sites excluding steroid dienone is 1. The highest BCUT2D eigenvalue weighted by Gasteiger charge is 2.31. The molecule has 0 unspecified atom stereocenters. The summed E-state index contributed by atoms with van der Waals surface area (Å²) < 4.78 is 5.06.